The van der Waals surface area contributed by atoms with Gasteiger partial charge >= 0.3 is 20.4 Å². The number of thiophene rings is 1. The van der Waals surface area contributed by atoms with Crippen LogP contribution in [0.5, 0.6) is 0 Å². The molecule has 0 N–H and O–H groups in total. The Bertz CT molecular complexity index is 2760. The molecule has 0 saturated heterocycles. The van der Waals surface area contributed by atoms with E-state index < -0.39 is 6.17 Å². The summed E-state index contributed by atoms with van der Waals surface area (Å²) in [6.45, 7) is 4.56. The van der Waals surface area contributed by atoms with Crippen LogP contribution in [0.3, 0.4) is 0 Å². The molecule has 0 radical (unpaired) electrons. The maximum Gasteiger partial charge on any atom is 2.00 e. The predicted molar refractivity (Wildman–Crippen MR) is 195 cm³/mol. The van der Waals surface area contributed by atoms with Gasteiger partial charge in [0.05, 0.1) is 11.3 Å². The second-order valence-corrected chi connectivity index (χ2v) is 14.0. The standard InChI is InChI=1S/C42H27FN4S.Pd/c1-42(2)33-13-8-20-44-41(33)47(35-19-18-31-30-12-4-6-15-36(30)48-39(31)37(35)42)27-10-7-9-25(23-27)38(43)26-16-17-28-29-11-3-5-14-34(29)46-22-21-45-40(46)32(28)24-26;/h3-22,38H,1-2H3;/q-2;+2. The molecule has 238 valence electrons. The zero-order valence-corrected chi connectivity index (χ0v) is 28.9. The van der Waals surface area contributed by atoms with Crippen molar-refractivity contribution in [2.75, 3.05) is 4.90 Å². The van der Waals surface area contributed by atoms with Crippen LogP contribution in [0.4, 0.5) is 21.6 Å². The summed E-state index contributed by atoms with van der Waals surface area (Å²) in [5.41, 5.74) is 6.55. The molecule has 0 amide bonds. The van der Waals surface area contributed by atoms with Gasteiger partial charge in [-0.15, -0.1) is 41.2 Å². The molecule has 1 aliphatic rings. The fourth-order valence-corrected chi connectivity index (χ4v) is 9.10. The van der Waals surface area contributed by atoms with Crippen molar-refractivity contribution >= 4 is 76.0 Å². The smallest absolute Gasteiger partial charge is 0.340 e. The molecule has 4 aromatic heterocycles. The average molecular weight is 745 g/mol. The number of halogens is 1. The van der Waals surface area contributed by atoms with Gasteiger partial charge in [-0.2, -0.15) is 18.2 Å². The van der Waals surface area contributed by atoms with Crippen LogP contribution in [0.15, 0.2) is 122 Å². The molecule has 0 spiro atoms. The monoisotopic (exact) mass is 744 g/mol. The second kappa shape index (κ2) is 11.0. The van der Waals surface area contributed by atoms with E-state index in [9.17, 15) is 0 Å². The van der Waals surface area contributed by atoms with Gasteiger partial charge in [-0.25, -0.2) is 9.37 Å². The Morgan fingerprint density at radius 1 is 0.735 bits per heavy atom. The minimum atomic E-state index is -1.44. The van der Waals surface area contributed by atoms with Crippen LogP contribution >= 0.6 is 11.3 Å². The quantitative estimate of drug-likeness (QED) is 0.103. The van der Waals surface area contributed by atoms with E-state index in [-0.39, 0.29) is 25.8 Å². The summed E-state index contributed by atoms with van der Waals surface area (Å²) in [7, 11) is 0. The molecule has 1 atom stereocenters. The fourth-order valence-electron chi connectivity index (χ4n) is 7.70. The van der Waals surface area contributed by atoms with Crippen molar-refractivity contribution in [3.05, 3.63) is 156 Å². The molecule has 49 heavy (non-hydrogen) atoms. The van der Waals surface area contributed by atoms with Crippen molar-refractivity contribution in [3.63, 3.8) is 0 Å². The predicted octanol–water partition coefficient (Wildman–Crippen LogP) is 11.2. The van der Waals surface area contributed by atoms with E-state index in [2.05, 4.69) is 90.5 Å². The van der Waals surface area contributed by atoms with Crippen LogP contribution in [0, 0.1) is 12.1 Å². The molecule has 0 aliphatic carbocycles. The molecule has 0 bridgehead atoms. The first kappa shape index (κ1) is 30.2. The number of pyridine rings is 2. The molecule has 1 aliphatic heterocycles. The zero-order valence-electron chi connectivity index (χ0n) is 26.5. The third-order valence-corrected chi connectivity index (χ3v) is 11.1. The van der Waals surface area contributed by atoms with Crippen molar-refractivity contribution in [3.8, 4) is 0 Å². The van der Waals surface area contributed by atoms with Gasteiger partial charge in [0.15, 0.2) is 0 Å². The van der Waals surface area contributed by atoms with E-state index >= 15 is 4.39 Å². The number of aromatic nitrogens is 3. The molecule has 1 unspecified atom stereocenters. The van der Waals surface area contributed by atoms with Crippen molar-refractivity contribution in [1.82, 2.24) is 14.4 Å². The van der Waals surface area contributed by atoms with Gasteiger partial charge in [0.1, 0.15) is 12.0 Å². The first-order valence-corrected chi connectivity index (χ1v) is 16.9. The molecule has 0 saturated carbocycles. The van der Waals surface area contributed by atoms with Crippen molar-refractivity contribution < 1.29 is 24.8 Å². The number of para-hydroxylation sites is 1. The molecule has 4 nitrogen and oxygen atoms in total. The van der Waals surface area contributed by atoms with Gasteiger partial charge in [-0.1, -0.05) is 84.4 Å². The molecular formula is C42H27FN4PdS. The largest absolute Gasteiger partial charge is 2.00 e. The first-order chi connectivity index (χ1) is 23.5. The number of hydrogen-bond donors (Lipinski definition) is 0. The Labute approximate surface area is 300 Å². The third kappa shape index (κ3) is 4.29. The Hall–Kier alpha value is -4.93. The van der Waals surface area contributed by atoms with Gasteiger partial charge in [0.2, 0.25) is 0 Å². The molecule has 5 heterocycles. The summed E-state index contributed by atoms with van der Waals surface area (Å²) in [4.78, 5) is 11.7. The Morgan fingerprint density at radius 3 is 2.43 bits per heavy atom. The summed E-state index contributed by atoms with van der Waals surface area (Å²) in [5.74, 6) is 0.838. The fraction of sp³-hybridized carbons (Fsp3) is 0.0952. The van der Waals surface area contributed by atoms with Gasteiger partial charge in [-0.3, -0.25) is 4.98 Å². The number of hydrogen-bond acceptors (Lipinski definition) is 4. The number of nitrogens with zero attached hydrogens (tertiary/aromatic N) is 4. The molecule has 10 rings (SSSR count). The molecule has 9 aromatic rings. The SMILES string of the molecule is CC1(C)c2cccnc2N(c2[c-]c(C(F)c3[c-]c4c(cc3)c3ccccc3n3ccnc43)ccc2)c2ccc3c(sc4ccccc43)c21.[Pd+2]. The number of rotatable bonds is 3. The summed E-state index contributed by atoms with van der Waals surface area (Å²) in [5, 5.41) is 5.40. The summed E-state index contributed by atoms with van der Waals surface area (Å²) >= 11 is 1.83. The number of fused-ring (bicyclic) bond motifs is 12. The van der Waals surface area contributed by atoms with Crippen LogP contribution in [-0.2, 0) is 25.8 Å². The van der Waals surface area contributed by atoms with Crippen LogP contribution < -0.4 is 4.90 Å². The number of alkyl halides is 1. The zero-order chi connectivity index (χ0) is 32.1. The van der Waals surface area contributed by atoms with Crippen molar-refractivity contribution in [2.24, 2.45) is 0 Å². The Kier molecular flexibility index (Phi) is 6.80. The maximum absolute atomic E-state index is 16.7. The van der Waals surface area contributed by atoms with Crippen molar-refractivity contribution in [2.45, 2.75) is 25.4 Å². The number of anilines is 3. The normalized spacial score (nSPS) is 14.3. The molecule has 7 heteroatoms. The van der Waals surface area contributed by atoms with E-state index in [1.807, 2.05) is 70.6 Å². The molecular weight excluding hydrogens is 718 g/mol. The van der Waals surface area contributed by atoms with Gasteiger partial charge in [0.25, 0.3) is 0 Å². The Balaban J connectivity index is 0.00000325. The average Bonchev–Trinajstić information content (AvgIpc) is 3.77. The van der Waals surface area contributed by atoms with E-state index in [0.29, 0.717) is 11.1 Å². The van der Waals surface area contributed by atoms with E-state index in [4.69, 9.17) is 4.98 Å². The minimum Gasteiger partial charge on any atom is -0.340 e. The van der Waals surface area contributed by atoms with Crippen molar-refractivity contribution in [1.29, 1.82) is 0 Å². The first-order valence-electron chi connectivity index (χ1n) is 16.1. The second-order valence-electron chi connectivity index (χ2n) is 13.0. The van der Waals surface area contributed by atoms with E-state index in [0.717, 1.165) is 50.1 Å². The minimum absolute atomic E-state index is 0. The summed E-state index contributed by atoms with van der Waals surface area (Å²) in [6.07, 6.45) is 4.11. The van der Waals surface area contributed by atoms with Crippen LogP contribution in [0.2, 0.25) is 0 Å². The maximum atomic E-state index is 16.7. The van der Waals surface area contributed by atoms with Crippen LogP contribution in [0.1, 0.15) is 42.3 Å². The molecule has 0 fully saturated rings. The third-order valence-electron chi connectivity index (χ3n) is 9.94. The van der Waals surface area contributed by atoms with Gasteiger partial charge in [0, 0.05) is 60.8 Å². The topological polar surface area (TPSA) is 33.4 Å². The van der Waals surface area contributed by atoms with Gasteiger partial charge < -0.3 is 9.30 Å². The van der Waals surface area contributed by atoms with E-state index in [1.165, 1.54) is 25.7 Å². The number of benzene rings is 5. The van der Waals surface area contributed by atoms with E-state index in [1.54, 1.807) is 12.3 Å². The molecule has 5 aromatic carbocycles. The van der Waals surface area contributed by atoms with Crippen LogP contribution in [0.25, 0.3) is 47.5 Å². The Morgan fingerprint density at radius 2 is 1.53 bits per heavy atom. The number of imidazole rings is 1. The van der Waals surface area contributed by atoms with Gasteiger partial charge in [-0.05, 0) is 29.7 Å². The van der Waals surface area contributed by atoms with Crippen LogP contribution in [-0.4, -0.2) is 14.4 Å². The summed E-state index contributed by atoms with van der Waals surface area (Å²) in [6, 6.07) is 41.8. The summed E-state index contributed by atoms with van der Waals surface area (Å²) < 4.78 is 21.3.